The zero-order valence-corrected chi connectivity index (χ0v) is 25.8. The number of carbonyl (C=O) groups excluding carboxylic acids is 4. The molecule has 0 saturated heterocycles. The quantitative estimate of drug-likeness (QED) is 0.307. The molecule has 3 aromatic heterocycles. The van der Waals surface area contributed by atoms with E-state index in [2.05, 4.69) is 31.0 Å². The molecule has 0 fully saturated rings. The van der Waals surface area contributed by atoms with E-state index >= 15 is 0 Å². The van der Waals surface area contributed by atoms with Gasteiger partial charge in [0.15, 0.2) is 5.69 Å². The first-order valence-corrected chi connectivity index (χ1v) is 15.2. The molecule has 2 atom stereocenters. The van der Waals surface area contributed by atoms with E-state index in [0.717, 1.165) is 5.56 Å². The van der Waals surface area contributed by atoms with Crippen molar-refractivity contribution in [2.75, 3.05) is 19.6 Å². The highest BCUT2D eigenvalue weighted by atomic mass is 35.5. The number of aromatic nitrogens is 4. The molecule has 4 bridgehead atoms. The van der Waals surface area contributed by atoms with E-state index in [1.165, 1.54) is 33.4 Å². The summed E-state index contributed by atoms with van der Waals surface area (Å²) in [5.74, 6) is -1.93. The average molecular weight is 639 g/mol. The van der Waals surface area contributed by atoms with Crippen LogP contribution >= 0.6 is 22.9 Å². The number of aryl methyl sites for hydroxylation is 1. The summed E-state index contributed by atoms with van der Waals surface area (Å²) in [6.45, 7) is 3.51. The van der Waals surface area contributed by atoms with Crippen LogP contribution in [-0.2, 0) is 18.3 Å². The number of fused-ring (bicyclic) bond motifs is 4. The molecule has 5 rings (SSSR count). The number of benzene rings is 1. The highest BCUT2D eigenvalue weighted by Crippen LogP contribution is 2.26. The lowest BCUT2D eigenvalue weighted by molar-refractivity contribution is -0.122. The third kappa shape index (κ3) is 6.97. The highest BCUT2D eigenvalue weighted by Gasteiger charge is 2.29. The Labute approximate surface area is 262 Å². The van der Waals surface area contributed by atoms with Crippen LogP contribution in [0.25, 0.3) is 0 Å². The van der Waals surface area contributed by atoms with Gasteiger partial charge in [0.1, 0.15) is 28.7 Å². The molecule has 1 aliphatic rings. The Morgan fingerprint density at radius 3 is 2.59 bits per heavy atom. The SMILES string of the molecule is CC(C)[C@@H]1NC(=O)CN(C(=O)c2c(Cl)cnn2C)CCNC(=O)c2coc(n2)[C@H](Cc2ccccc2)NC(=O)c2csc1n2. The second kappa shape index (κ2) is 13.4. The summed E-state index contributed by atoms with van der Waals surface area (Å²) in [4.78, 5) is 63.4. The molecule has 0 spiro atoms. The van der Waals surface area contributed by atoms with Crippen molar-refractivity contribution in [2.24, 2.45) is 13.0 Å². The molecule has 0 unspecified atom stereocenters. The van der Waals surface area contributed by atoms with Crippen molar-refractivity contribution >= 4 is 46.6 Å². The van der Waals surface area contributed by atoms with Gasteiger partial charge in [-0.1, -0.05) is 55.8 Å². The number of thiazole rings is 1. The summed E-state index contributed by atoms with van der Waals surface area (Å²) in [5, 5.41) is 14.9. The zero-order chi connectivity index (χ0) is 31.4. The number of hydrogen-bond acceptors (Lipinski definition) is 9. The van der Waals surface area contributed by atoms with E-state index < -0.39 is 35.7 Å². The van der Waals surface area contributed by atoms with Crippen LogP contribution in [0.2, 0.25) is 5.02 Å². The fourth-order valence-corrected chi connectivity index (χ4v) is 5.99. The molecule has 44 heavy (non-hydrogen) atoms. The van der Waals surface area contributed by atoms with Gasteiger partial charge in [0.2, 0.25) is 11.8 Å². The van der Waals surface area contributed by atoms with Crippen molar-refractivity contribution in [3.05, 3.63) is 86.7 Å². The Bertz CT molecular complexity index is 1650. The number of halogens is 1. The minimum absolute atomic E-state index is 0.00312. The van der Waals surface area contributed by atoms with Crippen LogP contribution in [-0.4, -0.2) is 67.9 Å². The van der Waals surface area contributed by atoms with E-state index in [-0.39, 0.29) is 53.5 Å². The van der Waals surface area contributed by atoms with Gasteiger partial charge >= 0.3 is 0 Å². The maximum absolute atomic E-state index is 13.5. The topological polar surface area (TPSA) is 164 Å². The summed E-state index contributed by atoms with van der Waals surface area (Å²) in [5.41, 5.74) is 1.18. The first-order chi connectivity index (χ1) is 21.1. The van der Waals surface area contributed by atoms with Gasteiger partial charge in [-0.2, -0.15) is 5.10 Å². The van der Waals surface area contributed by atoms with Crippen LogP contribution in [0.3, 0.4) is 0 Å². The molecule has 13 nitrogen and oxygen atoms in total. The summed E-state index contributed by atoms with van der Waals surface area (Å²) in [7, 11) is 1.57. The second-order valence-corrected chi connectivity index (χ2v) is 11.9. The Hall–Kier alpha value is -4.56. The Kier molecular flexibility index (Phi) is 9.40. The number of oxazole rings is 1. The molecule has 0 radical (unpaired) electrons. The third-order valence-electron chi connectivity index (χ3n) is 7.03. The predicted octanol–water partition coefficient (Wildman–Crippen LogP) is 2.93. The van der Waals surface area contributed by atoms with Crippen LogP contribution in [0, 0.1) is 5.92 Å². The molecule has 4 amide bonds. The highest BCUT2D eigenvalue weighted by molar-refractivity contribution is 7.09. The fraction of sp³-hybridized carbons (Fsp3) is 0.345. The fourth-order valence-electron chi connectivity index (χ4n) is 4.72. The molecule has 0 aliphatic carbocycles. The molecule has 230 valence electrons. The molecule has 4 heterocycles. The maximum Gasteiger partial charge on any atom is 0.274 e. The second-order valence-electron chi connectivity index (χ2n) is 10.6. The number of amides is 4. The Morgan fingerprint density at radius 1 is 1.11 bits per heavy atom. The number of hydrogen-bond donors (Lipinski definition) is 3. The largest absolute Gasteiger partial charge is 0.446 e. The first-order valence-electron chi connectivity index (χ1n) is 13.9. The lowest BCUT2D eigenvalue weighted by Crippen LogP contribution is -2.46. The summed E-state index contributed by atoms with van der Waals surface area (Å²) in [6.07, 6.45) is 2.91. The van der Waals surface area contributed by atoms with Crippen LogP contribution in [0.1, 0.15) is 73.9 Å². The number of carbonyl (C=O) groups is 4. The van der Waals surface area contributed by atoms with Crippen LogP contribution in [0.15, 0.2) is 52.6 Å². The monoisotopic (exact) mass is 638 g/mol. The van der Waals surface area contributed by atoms with Crippen molar-refractivity contribution in [1.29, 1.82) is 0 Å². The lowest BCUT2D eigenvalue weighted by atomic mass is 10.0. The molecule has 0 saturated carbocycles. The molecular weight excluding hydrogens is 608 g/mol. The molecule has 1 aromatic carbocycles. The van der Waals surface area contributed by atoms with Crippen molar-refractivity contribution in [3.8, 4) is 0 Å². The van der Waals surface area contributed by atoms with E-state index in [0.29, 0.717) is 11.4 Å². The molecule has 3 N–H and O–H groups in total. The third-order valence-corrected chi connectivity index (χ3v) is 8.23. The van der Waals surface area contributed by atoms with E-state index in [1.807, 2.05) is 44.2 Å². The van der Waals surface area contributed by atoms with Gasteiger partial charge in [0.05, 0.1) is 23.8 Å². The van der Waals surface area contributed by atoms with Gasteiger partial charge in [-0.15, -0.1) is 11.3 Å². The van der Waals surface area contributed by atoms with Crippen LogP contribution in [0.5, 0.6) is 0 Å². The van der Waals surface area contributed by atoms with Gasteiger partial charge in [0, 0.05) is 31.9 Å². The normalized spacial score (nSPS) is 18.3. The van der Waals surface area contributed by atoms with Crippen molar-refractivity contribution < 1.29 is 23.6 Å². The lowest BCUT2D eigenvalue weighted by Gasteiger charge is -2.25. The van der Waals surface area contributed by atoms with E-state index in [9.17, 15) is 19.2 Å². The molecule has 4 aromatic rings. The maximum atomic E-state index is 13.5. The smallest absolute Gasteiger partial charge is 0.274 e. The average Bonchev–Trinajstić information content (AvgIpc) is 3.75. The minimum atomic E-state index is -0.701. The number of nitrogens with zero attached hydrogens (tertiary/aromatic N) is 5. The van der Waals surface area contributed by atoms with E-state index in [1.54, 1.807) is 12.4 Å². The Morgan fingerprint density at radius 2 is 1.89 bits per heavy atom. The number of rotatable bonds is 4. The molecule has 15 heteroatoms. The standard InChI is InChI=1S/C29H31ClN8O5S/c1-16(2)23-28-35-21(15-44-28)26(41)33-19(11-17-7-5-4-6-8-17)27-34-20(14-43-27)25(40)31-9-10-38(13-22(39)36-23)29(42)24-18(30)12-32-37(24)3/h4-8,12,14-16,19,23H,9-11,13H2,1-3H3,(H,31,40)(H,33,41)(H,36,39)/t19-,23-/m0/s1. The summed E-state index contributed by atoms with van der Waals surface area (Å²) < 4.78 is 7.00. The van der Waals surface area contributed by atoms with E-state index in [4.69, 9.17) is 16.0 Å². The molecular formula is C29H31ClN8O5S. The van der Waals surface area contributed by atoms with Crippen molar-refractivity contribution in [2.45, 2.75) is 32.4 Å². The molecule has 1 aliphatic heterocycles. The zero-order valence-electron chi connectivity index (χ0n) is 24.2. The van der Waals surface area contributed by atoms with Gasteiger partial charge < -0.3 is 25.3 Å². The summed E-state index contributed by atoms with van der Waals surface area (Å²) in [6, 6.07) is 8.26. The van der Waals surface area contributed by atoms with Gasteiger partial charge in [0.25, 0.3) is 17.7 Å². The predicted molar refractivity (Wildman–Crippen MR) is 161 cm³/mol. The van der Waals surface area contributed by atoms with Crippen LogP contribution < -0.4 is 16.0 Å². The van der Waals surface area contributed by atoms with Crippen molar-refractivity contribution in [3.63, 3.8) is 0 Å². The number of nitrogens with one attached hydrogen (secondary N) is 3. The van der Waals surface area contributed by atoms with Gasteiger partial charge in [-0.05, 0) is 11.5 Å². The van der Waals surface area contributed by atoms with Gasteiger partial charge in [-0.25, -0.2) is 9.97 Å². The first kappa shape index (κ1) is 30.9. The van der Waals surface area contributed by atoms with Crippen molar-refractivity contribution in [1.82, 2.24) is 40.6 Å². The van der Waals surface area contributed by atoms with Crippen LogP contribution in [0.4, 0.5) is 0 Å². The minimum Gasteiger partial charge on any atom is -0.446 e. The Balaban J connectivity index is 1.48. The van der Waals surface area contributed by atoms with Gasteiger partial charge in [-0.3, -0.25) is 23.9 Å². The summed E-state index contributed by atoms with van der Waals surface area (Å²) >= 11 is 7.48.